The molecule has 0 unspecified atom stereocenters. The third-order valence-electron chi connectivity index (χ3n) is 2.15. The molecule has 0 fully saturated rings. The van der Waals surface area contributed by atoms with E-state index in [0.29, 0.717) is 25.5 Å². The molecule has 1 aromatic rings. The molecule has 5 nitrogen and oxygen atoms in total. The molecular weight excluding hydrogens is 194 g/mol. The first-order valence-electron chi connectivity index (χ1n) is 4.91. The number of aliphatic hydroxyl groups is 2. The largest absolute Gasteiger partial charge is 0.395 e. The van der Waals surface area contributed by atoms with Crippen LogP contribution in [-0.4, -0.2) is 46.4 Å². The second kappa shape index (κ2) is 6.34. The van der Waals surface area contributed by atoms with Crippen LogP contribution in [0.5, 0.6) is 0 Å². The SMILES string of the molecule is Nc1ncccc1CN(CCO)CCO. The molecule has 0 aliphatic rings. The number of aromatic nitrogens is 1. The summed E-state index contributed by atoms with van der Waals surface area (Å²) in [5, 5.41) is 17.7. The van der Waals surface area contributed by atoms with Crippen LogP contribution in [0.3, 0.4) is 0 Å². The second-order valence-electron chi connectivity index (χ2n) is 3.27. The monoisotopic (exact) mass is 211 g/mol. The third kappa shape index (κ3) is 3.83. The highest BCUT2D eigenvalue weighted by atomic mass is 16.3. The quantitative estimate of drug-likeness (QED) is 0.588. The molecular formula is C10H17N3O2. The lowest BCUT2D eigenvalue weighted by Gasteiger charge is -2.20. The molecule has 0 amide bonds. The number of hydrogen-bond acceptors (Lipinski definition) is 5. The van der Waals surface area contributed by atoms with Crippen molar-refractivity contribution in [2.24, 2.45) is 0 Å². The van der Waals surface area contributed by atoms with Gasteiger partial charge in [0.25, 0.3) is 0 Å². The van der Waals surface area contributed by atoms with Crippen LogP contribution >= 0.6 is 0 Å². The van der Waals surface area contributed by atoms with Crippen LogP contribution in [0.2, 0.25) is 0 Å². The number of aliphatic hydroxyl groups excluding tert-OH is 2. The zero-order valence-corrected chi connectivity index (χ0v) is 8.63. The number of hydrogen-bond donors (Lipinski definition) is 3. The minimum Gasteiger partial charge on any atom is -0.395 e. The number of pyridine rings is 1. The molecule has 0 saturated heterocycles. The van der Waals surface area contributed by atoms with Crippen molar-refractivity contribution in [3.63, 3.8) is 0 Å². The maximum atomic E-state index is 8.84. The standard InChI is InChI=1S/C10H17N3O2/c11-10-9(2-1-3-12-10)8-13(4-6-14)5-7-15/h1-3,14-15H,4-8H2,(H2,11,12). The maximum absolute atomic E-state index is 8.84. The average Bonchev–Trinajstić information content (AvgIpc) is 2.22. The van der Waals surface area contributed by atoms with E-state index in [2.05, 4.69) is 4.98 Å². The predicted octanol–water partition coefficient (Wildman–Crippen LogP) is -0.550. The van der Waals surface area contributed by atoms with Gasteiger partial charge in [-0.1, -0.05) is 6.07 Å². The van der Waals surface area contributed by atoms with Gasteiger partial charge in [0.05, 0.1) is 13.2 Å². The van der Waals surface area contributed by atoms with E-state index in [1.165, 1.54) is 0 Å². The minimum absolute atomic E-state index is 0.0696. The van der Waals surface area contributed by atoms with Gasteiger partial charge in [-0.3, -0.25) is 4.90 Å². The number of rotatable bonds is 6. The van der Waals surface area contributed by atoms with E-state index in [1.807, 2.05) is 17.0 Å². The van der Waals surface area contributed by atoms with Gasteiger partial charge < -0.3 is 15.9 Å². The molecule has 1 aromatic heterocycles. The first-order valence-corrected chi connectivity index (χ1v) is 4.91. The van der Waals surface area contributed by atoms with Crippen LogP contribution in [0, 0.1) is 0 Å². The van der Waals surface area contributed by atoms with Gasteiger partial charge in [0, 0.05) is 31.4 Å². The minimum atomic E-state index is 0.0696. The summed E-state index contributed by atoms with van der Waals surface area (Å²) >= 11 is 0. The lowest BCUT2D eigenvalue weighted by atomic mass is 10.2. The number of nitrogen functional groups attached to an aromatic ring is 1. The summed E-state index contributed by atoms with van der Waals surface area (Å²) in [7, 11) is 0. The van der Waals surface area contributed by atoms with Gasteiger partial charge in [-0.25, -0.2) is 4.98 Å². The normalized spacial score (nSPS) is 10.9. The van der Waals surface area contributed by atoms with Crippen molar-refractivity contribution in [3.05, 3.63) is 23.9 Å². The Bertz CT molecular complexity index is 288. The Morgan fingerprint density at radius 3 is 2.47 bits per heavy atom. The van der Waals surface area contributed by atoms with Crippen molar-refractivity contribution in [1.82, 2.24) is 9.88 Å². The zero-order valence-electron chi connectivity index (χ0n) is 8.63. The topological polar surface area (TPSA) is 82.6 Å². The molecule has 0 radical (unpaired) electrons. The molecule has 5 heteroatoms. The highest BCUT2D eigenvalue weighted by Crippen LogP contribution is 2.09. The molecule has 0 atom stereocenters. The molecule has 0 aliphatic carbocycles. The van der Waals surface area contributed by atoms with E-state index in [4.69, 9.17) is 15.9 Å². The van der Waals surface area contributed by atoms with Crippen LogP contribution < -0.4 is 5.73 Å². The molecule has 0 aliphatic heterocycles. The zero-order chi connectivity index (χ0) is 11.1. The summed E-state index contributed by atoms with van der Waals surface area (Å²) in [4.78, 5) is 5.90. The molecule has 0 saturated carbocycles. The van der Waals surface area contributed by atoms with Crippen LogP contribution in [0.15, 0.2) is 18.3 Å². The van der Waals surface area contributed by atoms with Crippen molar-refractivity contribution in [1.29, 1.82) is 0 Å². The van der Waals surface area contributed by atoms with Crippen LogP contribution in [0.4, 0.5) is 5.82 Å². The first-order chi connectivity index (χ1) is 7.27. The Labute approximate surface area is 89.2 Å². The second-order valence-corrected chi connectivity index (χ2v) is 3.27. The summed E-state index contributed by atoms with van der Waals surface area (Å²) in [5.74, 6) is 0.498. The number of anilines is 1. The molecule has 84 valence electrons. The summed E-state index contributed by atoms with van der Waals surface area (Å²) < 4.78 is 0. The number of nitrogens with two attached hydrogens (primary N) is 1. The Kier molecular flexibility index (Phi) is 5.03. The van der Waals surface area contributed by atoms with Crippen LogP contribution in [0.1, 0.15) is 5.56 Å². The lowest BCUT2D eigenvalue weighted by molar-refractivity contribution is 0.156. The fourth-order valence-corrected chi connectivity index (χ4v) is 1.38. The molecule has 4 N–H and O–H groups in total. The average molecular weight is 211 g/mol. The molecule has 0 bridgehead atoms. The lowest BCUT2D eigenvalue weighted by Crippen LogP contribution is -2.29. The smallest absolute Gasteiger partial charge is 0.127 e. The van der Waals surface area contributed by atoms with E-state index in [1.54, 1.807) is 6.20 Å². The van der Waals surface area contributed by atoms with Gasteiger partial charge in [0.1, 0.15) is 5.82 Å². The van der Waals surface area contributed by atoms with Crippen LogP contribution in [-0.2, 0) is 6.54 Å². The predicted molar refractivity (Wildman–Crippen MR) is 58.1 cm³/mol. The Hall–Kier alpha value is -1.17. The maximum Gasteiger partial charge on any atom is 0.127 e. The summed E-state index contributed by atoms with van der Waals surface area (Å²) in [6.45, 7) is 1.78. The van der Waals surface area contributed by atoms with E-state index in [0.717, 1.165) is 5.56 Å². The summed E-state index contributed by atoms with van der Waals surface area (Å²) in [6, 6.07) is 3.71. The van der Waals surface area contributed by atoms with Crippen molar-refractivity contribution in [2.45, 2.75) is 6.54 Å². The van der Waals surface area contributed by atoms with Gasteiger partial charge in [-0.15, -0.1) is 0 Å². The molecule has 0 aromatic carbocycles. The Morgan fingerprint density at radius 2 is 1.93 bits per heavy atom. The summed E-state index contributed by atoms with van der Waals surface area (Å²) in [6.07, 6.45) is 1.64. The van der Waals surface area contributed by atoms with Gasteiger partial charge in [0.2, 0.25) is 0 Å². The molecule has 15 heavy (non-hydrogen) atoms. The number of nitrogens with zero attached hydrogens (tertiary/aromatic N) is 2. The highest BCUT2D eigenvalue weighted by Gasteiger charge is 2.07. The van der Waals surface area contributed by atoms with Gasteiger partial charge in [-0.2, -0.15) is 0 Å². The van der Waals surface area contributed by atoms with Crippen molar-refractivity contribution >= 4 is 5.82 Å². The van der Waals surface area contributed by atoms with Crippen molar-refractivity contribution < 1.29 is 10.2 Å². The molecule has 1 heterocycles. The fraction of sp³-hybridized carbons (Fsp3) is 0.500. The van der Waals surface area contributed by atoms with Gasteiger partial charge >= 0.3 is 0 Å². The van der Waals surface area contributed by atoms with Gasteiger partial charge in [0.15, 0.2) is 0 Å². The van der Waals surface area contributed by atoms with Crippen molar-refractivity contribution in [3.8, 4) is 0 Å². The molecule has 0 spiro atoms. The van der Waals surface area contributed by atoms with Crippen LogP contribution in [0.25, 0.3) is 0 Å². The van der Waals surface area contributed by atoms with E-state index >= 15 is 0 Å². The fourth-order valence-electron chi connectivity index (χ4n) is 1.38. The van der Waals surface area contributed by atoms with Crippen molar-refractivity contribution in [2.75, 3.05) is 32.0 Å². The highest BCUT2D eigenvalue weighted by molar-refractivity contribution is 5.38. The van der Waals surface area contributed by atoms with Gasteiger partial charge in [-0.05, 0) is 6.07 Å². The van der Waals surface area contributed by atoms with E-state index in [-0.39, 0.29) is 13.2 Å². The Balaban J connectivity index is 2.60. The van der Waals surface area contributed by atoms with E-state index < -0.39 is 0 Å². The third-order valence-corrected chi connectivity index (χ3v) is 2.15. The first kappa shape index (κ1) is 11.9. The molecule has 1 rings (SSSR count). The van der Waals surface area contributed by atoms with E-state index in [9.17, 15) is 0 Å². The Morgan fingerprint density at radius 1 is 1.27 bits per heavy atom. The summed E-state index contributed by atoms with van der Waals surface area (Å²) in [5.41, 5.74) is 6.61.